The number of carbonyl (C=O) groups excluding carboxylic acids is 1. The van der Waals surface area contributed by atoms with Gasteiger partial charge in [0.05, 0.1) is 11.8 Å². The van der Waals surface area contributed by atoms with Crippen molar-refractivity contribution in [3.63, 3.8) is 0 Å². The Morgan fingerprint density at radius 2 is 2.19 bits per heavy atom. The largest absolute Gasteiger partial charge is 0.486 e. The van der Waals surface area contributed by atoms with Crippen molar-refractivity contribution in [3.05, 3.63) is 24.3 Å². The molecular formula is C16H23NO3S. The Labute approximate surface area is 130 Å². The Morgan fingerprint density at radius 1 is 1.43 bits per heavy atom. The molecule has 1 N–H and O–H groups in total. The van der Waals surface area contributed by atoms with Crippen molar-refractivity contribution in [3.8, 4) is 11.5 Å². The number of hydrogen-bond acceptors (Lipinski definition) is 4. The van der Waals surface area contributed by atoms with E-state index in [1.54, 1.807) is 11.8 Å². The maximum absolute atomic E-state index is 12.0. The Hall–Kier alpha value is -1.36. The second kappa shape index (κ2) is 8.17. The number of unbranched alkanes of at least 4 members (excludes halogenated alkanes) is 1. The topological polar surface area (TPSA) is 47.6 Å². The molecular weight excluding hydrogens is 286 g/mol. The summed E-state index contributed by atoms with van der Waals surface area (Å²) in [4.78, 5) is 12.0. The summed E-state index contributed by atoms with van der Waals surface area (Å²) in [6.45, 7) is 5.05. The van der Waals surface area contributed by atoms with Crippen LogP contribution in [0, 0.1) is 0 Å². The lowest BCUT2D eigenvalue weighted by Crippen LogP contribution is -2.43. The molecule has 2 unspecified atom stereocenters. The van der Waals surface area contributed by atoms with Gasteiger partial charge < -0.3 is 14.8 Å². The maximum atomic E-state index is 12.0. The SMILES string of the molecule is CCCCSC(C)C(=O)NCC1COc2ccccc2O1. The fourth-order valence-electron chi connectivity index (χ4n) is 2.00. The molecule has 116 valence electrons. The van der Waals surface area contributed by atoms with E-state index in [4.69, 9.17) is 9.47 Å². The summed E-state index contributed by atoms with van der Waals surface area (Å²) in [5.74, 6) is 2.61. The maximum Gasteiger partial charge on any atom is 0.232 e. The van der Waals surface area contributed by atoms with Gasteiger partial charge in [-0.2, -0.15) is 0 Å². The Kier molecular flexibility index (Phi) is 6.23. The van der Waals surface area contributed by atoms with Crippen molar-refractivity contribution in [2.45, 2.75) is 38.0 Å². The van der Waals surface area contributed by atoms with E-state index < -0.39 is 0 Å². The summed E-state index contributed by atoms with van der Waals surface area (Å²) in [5, 5.41) is 2.93. The molecule has 1 aliphatic rings. The molecule has 1 aromatic carbocycles. The standard InChI is InChI=1S/C16H23NO3S/c1-3-4-9-21-12(2)16(18)17-10-13-11-19-14-7-5-6-8-15(14)20-13/h5-8,12-13H,3-4,9-11H2,1-2H3,(H,17,18). The lowest BCUT2D eigenvalue weighted by Gasteiger charge is -2.26. The van der Waals surface area contributed by atoms with Crippen molar-refractivity contribution in [1.29, 1.82) is 0 Å². The summed E-state index contributed by atoms with van der Waals surface area (Å²) < 4.78 is 11.4. The highest BCUT2D eigenvalue weighted by atomic mass is 32.2. The molecule has 4 nitrogen and oxygen atoms in total. The number of carbonyl (C=O) groups is 1. The van der Waals surface area contributed by atoms with Crippen molar-refractivity contribution in [2.24, 2.45) is 0 Å². The minimum Gasteiger partial charge on any atom is -0.486 e. The van der Waals surface area contributed by atoms with Gasteiger partial charge in [-0.25, -0.2) is 0 Å². The molecule has 1 heterocycles. The third-order valence-electron chi connectivity index (χ3n) is 3.31. The third-order valence-corrected chi connectivity index (χ3v) is 4.54. The van der Waals surface area contributed by atoms with Crippen LogP contribution in [0.25, 0.3) is 0 Å². The van der Waals surface area contributed by atoms with E-state index in [0.29, 0.717) is 13.2 Å². The number of nitrogens with one attached hydrogen (secondary N) is 1. The predicted octanol–water partition coefficient (Wildman–Crippen LogP) is 2.86. The quantitative estimate of drug-likeness (QED) is 0.787. The molecule has 2 atom stereocenters. The number of hydrogen-bond donors (Lipinski definition) is 1. The smallest absolute Gasteiger partial charge is 0.232 e. The second-order valence-electron chi connectivity index (χ2n) is 5.11. The molecule has 0 fully saturated rings. The van der Waals surface area contributed by atoms with Crippen LogP contribution in [0.3, 0.4) is 0 Å². The fraction of sp³-hybridized carbons (Fsp3) is 0.562. The minimum atomic E-state index is -0.128. The van der Waals surface area contributed by atoms with Crippen LogP contribution in [-0.4, -0.2) is 36.2 Å². The van der Waals surface area contributed by atoms with E-state index in [-0.39, 0.29) is 17.3 Å². The van der Waals surface area contributed by atoms with E-state index in [0.717, 1.165) is 30.1 Å². The van der Waals surface area contributed by atoms with Crippen LogP contribution in [0.1, 0.15) is 26.7 Å². The van der Waals surface area contributed by atoms with Crippen LogP contribution < -0.4 is 14.8 Å². The first-order valence-corrected chi connectivity index (χ1v) is 8.53. The summed E-state index contributed by atoms with van der Waals surface area (Å²) >= 11 is 1.70. The van der Waals surface area contributed by atoms with Gasteiger partial charge in [-0.1, -0.05) is 25.5 Å². The number of amides is 1. The van der Waals surface area contributed by atoms with Gasteiger partial charge in [-0.15, -0.1) is 11.8 Å². The molecule has 1 aromatic rings. The van der Waals surface area contributed by atoms with Crippen molar-refractivity contribution in [2.75, 3.05) is 18.9 Å². The van der Waals surface area contributed by atoms with Crippen LogP contribution in [0.2, 0.25) is 0 Å². The number of benzene rings is 1. The van der Waals surface area contributed by atoms with Gasteiger partial charge in [0.1, 0.15) is 12.7 Å². The highest BCUT2D eigenvalue weighted by Gasteiger charge is 2.22. The van der Waals surface area contributed by atoms with Gasteiger partial charge >= 0.3 is 0 Å². The second-order valence-corrected chi connectivity index (χ2v) is 6.56. The zero-order valence-corrected chi connectivity index (χ0v) is 13.4. The molecule has 0 saturated carbocycles. The first-order valence-electron chi connectivity index (χ1n) is 7.48. The lowest BCUT2D eigenvalue weighted by molar-refractivity contribution is -0.120. The number of ether oxygens (including phenoxy) is 2. The molecule has 0 saturated heterocycles. The van der Waals surface area contributed by atoms with Crippen molar-refractivity contribution in [1.82, 2.24) is 5.32 Å². The highest BCUT2D eigenvalue weighted by molar-refractivity contribution is 8.00. The zero-order chi connectivity index (χ0) is 15.1. The molecule has 0 spiro atoms. The summed E-state index contributed by atoms with van der Waals surface area (Å²) in [7, 11) is 0. The molecule has 5 heteroatoms. The number of thioether (sulfide) groups is 1. The minimum absolute atomic E-state index is 0.0201. The third kappa shape index (κ3) is 4.84. The fourth-order valence-corrected chi connectivity index (χ4v) is 3.05. The summed E-state index contributed by atoms with van der Waals surface area (Å²) in [5.41, 5.74) is 0. The van der Waals surface area contributed by atoms with Crippen molar-refractivity contribution >= 4 is 17.7 Å². The average molecular weight is 309 g/mol. The summed E-state index contributed by atoms with van der Waals surface area (Å²) in [6, 6.07) is 7.60. The lowest BCUT2D eigenvalue weighted by atomic mass is 10.2. The normalized spacial score (nSPS) is 18.1. The molecule has 21 heavy (non-hydrogen) atoms. The molecule has 2 rings (SSSR count). The Bertz CT molecular complexity index is 467. The van der Waals surface area contributed by atoms with E-state index in [1.807, 2.05) is 31.2 Å². The van der Waals surface area contributed by atoms with Crippen LogP contribution in [0.5, 0.6) is 11.5 Å². The average Bonchev–Trinajstić information content (AvgIpc) is 2.52. The van der Waals surface area contributed by atoms with E-state index in [9.17, 15) is 4.79 Å². The number of para-hydroxylation sites is 2. The number of rotatable bonds is 7. The van der Waals surface area contributed by atoms with Gasteiger partial charge in [-0.3, -0.25) is 4.79 Å². The molecule has 0 radical (unpaired) electrons. The molecule has 0 bridgehead atoms. The van der Waals surface area contributed by atoms with Crippen LogP contribution >= 0.6 is 11.8 Å². The van der Waals surface area contributed by atoms with E-state index in [2.05, 4.69) is 12.2 Å². The number of fused-ring (bicyclic) bond motifs is 1. The Morgan fingerprint density at radius 3 is 2.95 bits per heavy atom. The van der Waals surface area contributed by atoms with Gasteiger partial charge in [0, 0.05) is 0 Å². The van der Waals surface area contributed by atoms with E-state index in [1.165, 1.54) is 0 Å². The van der Waals surface area contributed by atoms with Gasteiger partial charge in [0.2, 0.25) is 5.91 Å². The van der Waals surface area contributed by atoms with Crippen LogP contribution in [0.15, 0.2) is 24.3 Å². The molecule has 0 aromatic heterocycles. The van der Waals surface area contributed by atoms with Crippen LogP contribution in [0.4, 0.5) is 0 Å². The first-order chi connectivity index (χ1) is 10.2. The van der Waals surface area contributed by atoms with Gasteiger partial charge in [0.25, 0.3) is 0 Å². The molecule has 1 aliphatic heterocycles. The predicted molar refractivity (Wildman–Crippen MR) is 86.2 cm³/mol. The van der Waals surface area contributed by atoms with Crippen molar-refractivity contribution < 1.29 is 14.3 Å². The van der Waals surface area contributed by atoms with Gasteiger partial charge in [-0.05, 0) is 31.2 Å². The first kappa shape index (κ1) is 16.0. The monoisotopic (exact) mass is 309 g/mol. The Balaban J connectivity index is 1.73. The van der Waals surface area contributed by atoms with Crippen LogP contribution in [-0.2, 0) is 4.79 Å². The van der Waals surface area contributed by atoms with Gasteiger partial charge in [0.15, 0.2) is 11.5 Å². The van der Waals surface area contributed by atoms with E-state index >= 15 is 0 Å². The summed E-state index contributed by atoms with van der Waals surface area (Å²) in [6.07, 6.45) is 2.18. The zero-order valence-electron chi connectivity index (χ0n) is 12.6. The molecule has 0 aliphatic carbocycles. The highest BCUT2D eigenvalue weighted by Crippen LogP contribution is 2.30. The molecule has 1 amide bonds.